The van der Waals surface area contributed by atoms with Crippen LogP contribution in [-0.4, -0.2) is 42.9 Å². The second kappa shape index (κ2) is 7.90. The van der Waals surface area contributed by atoms with Crippen LogP contribution >= 0.6 is 0 Å². The Labute approximate surface area is 159 Å². The first-order valence-corrected chi connectivity index (χ1v) is 9.86. The minimum Gasteiger partial charge on any atom is -0.393 e. The van der Waals surface area contributed by atoms with Gasteiger partial charge in [0.2, 0.25) is 10.0 Å². The quantitative estimate of drug-likeness (QED) is 0.805. The van der Waals surface area contributed by atoms with Crippen molar-refractivity contribution in [3.63, 3.8) is 0 Å². The zero-order valence-electron chi connectivity index (χ0n) is 14.5. The lowest BCUT2D eigenvalue weighted by atomic mass is 10.1. The third-order valence-corrected chi connectivity index (χ3v) is 6.33. The van der Waals surface area contributed by atoms with Gasteiger partial charge >= 0.3 is 0 Å². The zero-order valence-corrected chi connectivity index (χ0v) is 15.3. The Morgan fingerprint density at radius 2 is 1.64 bits per heavy atom. The highest BCUT2D eigenvalue weighted by Crippen LogP contribution is 2.24. The average Bonchev–Trinajstić information content (AvgIpc) is 2.65. The molecule has 6 nitrogen and oxygen atoms in total. The van der Waals surface area contributed by atoms with Crippen molar-refractivity contribution in [2.75, 3.05) is 18.4 Å². The summed E-state index contributed by atoms with van der Waals surface area (Å²) in [5, 5.41) is 11.8. The summed E-state index contributed by atoms with van der Waals surface area (Å²) in [5.74, 6) is -4.07. The number of sulfonamides is 1. The number of nitrogens with one attached hydrogen (secondary N) is 1. The van der Waals surface area contributed by atoms with Gasteiger partial charge in [0.05, 0.1) is 6.10 Å². The molecule has 1 aliphatic heterocycles. The van der Waals surface area contributed by atoms with E-state index in [1.807, 2.05) is 0 Å². The molecule has 1 amide bonds. The van der Waals surface area contributed by atoms with E-state index in [1.54, 1.807) is 0 Å². The van der Waals surface area contributed by atoms with Gasteiger partial charge in [-0.25, -0.2) is 21.6 Å². The molecule has 1 fully saturated rings. The first-order chi connectivity index (χ1) is 13.2. The van der Waals surface area contributed by atoms with Crippen molar-refractivity contribution in [2.45, 2.75) is 23.8 Å². The molecule has 2 N–H and O–H groups in total. The molecular formula is C18H17F3N2O4S. The van der Waals surface area contributed by atoms with Gasteiger partial charge in [-0.05, 0) is 43.2 Å². The molecule has 0 radical (unpaired) electrons. The second-order valence-corrected chi connectivity index (χ2v) is 8.27. The number of nitrogens with zero attached hydrogens (tertiary/aromatic N) is 1. The minimum atomic E-state index is -4.20. The average molecular weight is 414 g/mol. The van der Waals surface area contributed by atoms with Crippen LogP contribution in [0.2, 0.25) is 0 Å². The first kappa shape index (κ1) is 20.3. The van der Waals surface area contributed by atoms with E-state index in [9.17, 15) is 31.5 Å². The molecule has 3 rings (SSSR count). The molecule has 0 spiro atoms. The Morgan fingerprint density at radius 3 is 2.29 bits per heavy atom. The summed E-state index contributed by atoms with van der Waals surface area (Å²) in [6.45, 7) is 0.0719. The van der Waals surface area contributed by atoms with Gasteiger partial charge in [-0.15, -0.1) is 0 Å². The van der Waals surface area contributed by atoms with Crippen LogP contribution in [0, 0.1) is 17.5 Å². The number of carbonyl (C=O) groups is 1. The van der Waals surface area contributed by atoms with E-state index in [0.717, 1.165) is 40.7 Å². The molecule has 0 aliphatic carbocycles. The summed E-state index contributed by atoms with van der Waals surface area (Å²) in [5.41, 5.74) is -0.204. The first-order valence-electron chi connectivity index (χ1n) is 8.42. The third kappa shape index (κ3) is 4.18. The number of rotatable bonds is 4. The summed E-state index contributed by atoms with van der Waals surface area (Å²) in [6.07, 6.45) is -0.140. The molecule has 2 aromatic rings. The number of amides is 1. The van der Waals surface area contributed by atoms with E-state index in [0.29, 0.717) is 0 Å². The number of hydrogen-bond acceptors (Lipinski definition) is 4. The Kier molecular flexibility index (Phi) is 5.73. The fraction of sp³-hybridized carbons (Fsp3) is 0.278. The molecule has 1 aliphatic rings. The smallest absolute Gasteiger partial charge is 0.255 e. The van der Waals surface area contributed by atoms with Crippen molar-refractivity contribution in [1.82, 2.24) is 4.31 Å². The molecule has 0 bridgehead atoms. The van der Waals surface area contributed by atoms with Crippen LogP contribution in [0.25, 0.3) is 0 Å². The molecule has 150 valence electrons. The Morgan fingerprint density at radius 1 is 1.00 bits per heavy atom. The maximum absolute atomic E-state index is 14.2. The van der Waals surface area contributed by atoms with Gasteiger partial charge in [0.1, 0.15) is 10.7 Å². The van der Waals surface area contributed by atoms with Gasteiger partial charge in [0.25, 0.3) is 5.91 Å². The lowest BCUT2D eigenvalue weighted by molar-refractivity contribution is 0.102. The number of aliphatic hydroxyl groups is 1. The van der Waals surface area contributed by atoms with Gasteiger partial charge in [0.15, 0.2) is 11.6 Å². The highest BCUT2D eigenvalue weighted by Gasteiger charge is 2.31. The van der Waals surface area contributed by atoms with Crippen LogP contribution in [0.4, 0.5) is 18.9 Å². The largest absolute Gasteiger partial charge is 0.393 e. The monoisotopic (exact) mass is 414 g/mol. The molecule has 0 unspecified atom stereocenters. The van der Waals surface area contributed by atoms with Crippen molar-refractivity contribution in [3.8, 4) is 0 Å². The zero-order chi connectivity index (χ0) is 20.5. The summed E-state index contributed by atoms with van der Waals surface area (Å²) in [6, 6.07) is 5.57. The normalized spacial score (nSPS) is 16.1. The number of anilines is 1. The van der Waals surface area contributed by atoms with E-state index in [2.05, 4.69) is 5.32 Å². The molecule has 1 heterocycles. The van der Waals surface area contributed by atoms with Crippen LogP contribution in [-0.2, 0) is 10.0 Å². The van der Waals surface area contributed by atoms with E-state index >= 15 is 0 Å². The second-order valence-electron chi connectivity index (χ2n) is 6.36. The summed E-state index contributed by atoms with van der Waals surface area (Å²) in [7, 11) is -4.20. The predicted molar refractivity (Wildman–Crippen MR) is 94.7 cm³/mol. The molecule has 0 atom stereocenters. The molecule has 28 heavy (non-hydrogen) atoms. The lowest BCUT2D eigenvalue weighted by Crippen LogP contribution is -2.40. The van der Waals surface area contributed by atoms with E-state index < -0.39 is 44.4 Å². The Hall–Kier alpha value is -2.43. The van der Waals surface area contributed by atoms with Crippen LogP contribution in [0.1, 0.15) is 23.2 Å². The summed E-state index contributed by atoms with van der Waals surface area (Å²) in [4.78, 5) is 11.7. The maximum Gasteiger partial charge on any atom is 0.255 e. The molecule has 0 aromatic heterocycles. The fourth-order valence-electron chi connectivity index (χ4n) is 2.84. The van der Waals surface area contributed by atoms with Crippen molar-refractivity contribution in [1.29, 1.82) is 0 Å². The van der Waals surface area contributed by atoms with Crippen molar-refractivity contribution >= 4 is 21.6 Å². The van der Waals surface area contributed by atoms with Crippen LogP contribution in [0.3, 0.4) is 0 Å². The molecular weight excluding hydrogens is 397 g/mol. The van der Waals surface area contributed by atoms with E-state index in [4.69, 9.17) is 0 Å². The van der Waals surface area contributed by atoms with Crippen LogP contribution < -0.4 is 5.32 Å². The van der Waals surface area contributed by atoms with Gasteiger partial charge in [-0.1, -0.05) is 0 Å². The number of aliphatic hydroxyl groups excluding tert-OH is 1. The van der Waals surface area contributed by atoms with Gasteiger partial charge in [-0.3, -0.25) is 4.79 Å². The lowest BCUT2D eigenvalue weighted by Gasteiger charge is -2.28. The SMILES string of the molecule is O=C(Nc1ccc(F)c(F)c1)c1ccc(F)c(S(=O)(=O)N2CCC(O)CC2)c1. The highest BCUT2D eigenvalue weighted by atomic mass is 32.2. The van der Waals surface area contributed by atoms with Crippen LogP contribution in [0.5, 0.6) is 0 Å². The van der Waals surface area contributed by atoms with Gasteiger partial charge in [0, 0.05) is 30.4 Å². The fourth-order valence-corrected chi connectivity index (χ4v) is 4.40. The molecule has 1 saturated heterocycles. The number of piperidine rings is 1. The van der Waals surface area contributed by atoms with Crippen molar-refractivity contribution < 1.29 is 31.5 Å². The highest BCUT2D eigenvalue weighted by molar-refractivity contribution is 7.89. The molecule has 2 aromatic carbocycles. The Bertz CT molecular complexity index is 1010. The summed E-state index contributed by atoms with van der Waals surface area (Å²) < 4.78 is 66.9. The topological polar surface area (TPSA) is 86.7 Å². The number of carbonyl (C=O) groups excluding carboxylic acids is 1. The van der Waals surface area contributed by atoms with E-state index in [1.165, 1.54) is 0 Å². The standard InChI is InChI=1S/C18H17F3N2O4S/c19-14-4-2-12(10-16(14)21)22-18(25)11-1-3-15(20)17(9-11)28(26,27)23-7-5-13(24)6-8-23/h1-4,9-10,13,24H,5-8H2,(H,22,25). The van der Waals surface area contributed by atoms with E-state index in [-0.39, 0.29) is 37.2 Å². The maximum atomic E-state index is 14.2. The third-order valence-electron chi connectivity index (χ3n) is 4.41. The van der Waals surface area contributed by atoms with Gasteiger partial charge in [-0.2, -0.15) is 4.31 Å². The number of benzene rings is 2. The minimum absolute atomic E-state index is 0.0359. The predicted octanol–water partition coefficient (Wildman–Crippen LogP) is 2.50. The summed E-state index contributed by atoms with van der Waals surface area (Å²) >= 11 is 0. The van der Waals surface area contributed by atoms with Gasteiger partial charge < -0.3 is 10.4 Å². The number of hydrogen-bond donors (Lipinski definition) is 2. The Balaban J connectivity index is 1.86. The molecule has 0 saturated carbocycles. The number of halogens is 3. The van der Waals surface area contributed by atoms with Crippen molar-refractivity contribution in [2.24, 2.45) is 0 Å². The van der Waals surface area contributed by atoms with Crippen LogP contribution in [0.15, 0.2) is 41.3 Å². The molecule has 10 heteroatoms. The van der Waals surface area contributed by atoms with Crippen molar-refractivity contribution in [3.05, 3.63) is 59.4 Å².